The summed E-state index contributed by atoms with van der Waals surface area (Å²) in [6, 6.07) is 5.57. The van der Waals surface area contributed by atoms with Crippen LogP contribution in [0.1, 0.15) is 19.7 Å². The van der Waals surface area contributed by atoms with E-state index in [1.807, 2.05) is 18.2 Å². The first kappa shape index (κ1) is 13.9. The summed E-state index contributed by atoms with van der Waals surface area (Å²) < 4.78 is 0. The fourth-order valence-electron chi connectivity index (χ4n) is 1.89. The van der Waals surface area contributed by atoms with E-state index < -0.39 is 0 Å². The van der Waals surface area contributed by atoms with Crippen molar-refractivity contribution in [1.29, 1.82) is 0 Å². The molecule has 0 aliphatic carbocycles. The van der Waals surface area contributed by atoms with Crippen molar-refractivity contribution in [2.75, 3.05) is 0 Å². The Labute approximate surface area is 117 Å². The Hall–Kier alpha value is -2.57. The molecule has 0 fully saturated rings. The molecule has 0 unspecified atom stereocenters. The minimum Gasteiger partial charge on any atom is -0.370 e. The van der Waals surface area contributed by atoms with Crippen LogP contribution in [-0.4, -0.2) is 21.9 Å². The van der Waals surface area contributed by atoms with Crippen LogP contribution in [0.3, 0.4) is 0 Å². The van der Waals surface area contributed by atoms with E-state index in [-0.39, 0.29) is 11.9 Å². The SMILES string of the molecule is CC(C)Cc1nc2ccc(N=C(N)N=C(N)N)cc2[nH]1. The fraction of sp³-hybridized carbons (Fsp3) is 0.308. The molecule has 0 saturated carbocycles. The molecular formula is C13H19N7. The number of hydrogen-bond donors (Lipinski definition) is 4. The minimum absolute atomic E-state index is 0.0197. The lowest BCUT2D eigenvalue weighted by molar-refractivity contribution is 0.627. The van der Waals surface area contributed by atoms with E-state index in [4.69, 9.17) is 17.2 Å². The highest BCUT2D eigenvalue weighted by molar-refractivity contribution is 5.94. The number of fused-ring (bicyclic) bond motifs is 1. The summed E-state index contributed by atoms with van der Waals surface area (Å²) in [6.07, 6.45) is 0.906. The number of aliphatic imine (C=N–C) groups is 2. The highest BCUT2D eigenvalue weighted by atomic mass is 15.1. The first-order chi connectivity index (χ1) is 9.44. The van der Waals surface area contributed by atoms with Gasteiger partial charge in [0.2, 0.25) is 5.96 Å². The van der Waals surface area contributed by atoms with Crippen LogP contribution in [0.25, 0.3) is 11.0 Å². The molecule has 0 spiro atoms. The van der Waals surface area contributed by atoms with Gasteiger partial charge in [0.15, 0.2) is 5.96 Å². The summed E-state index contributed by atoms with van der Waals surface area (Å²) >= 11 is 0. The molecule has 7 nitrogen and oxygen atoms in total. The molecule has 7 heteroatoms. The Bertz CT molecular complexity index is 662. The third-order valence-corrected chi connectivity index (χ3v) is 2.60. The zero-order valence-electron chi connectivity index (χ0n) is 11.6. The second-order valence-electron chi connectivity index (χ2n) is 4.99. The van der Waals surface area contributed by atoms with Crippen LogP contribution in [0.15, 0.2) is 28.2 Å². The molecule has 0 atom stereocenters. The van der Waals surface area contributed by atoms with Gasteiger partial charge in [0.05, 0.1) is 16.7 Å². The van der Waals surface area contributed by atoms with Gasteiger partial charge in [-0.05, 0) is 24.1 Å². The van der Waals surface area contributed by atoms with Gasteiger partial charge in [-0.25, -0.2) is 9.98 Å². The second-order valence-corrected chi connectivity index (χ2v) is 4.99. The summed E-state index contributed by atoms with van der Waals surface area (Å²) in [5.74, 6) is 1.42. The molecule has 0 bridgehead atoms. The van der Waals surface area contributed by atoms with Crippen molar-refractivity contribution < 1.29 is 0 Å². The molecule has 20 heavy (non-hydrogen) atoms. The monoisotopic (exact) mass is 273 g/mol. The molecule has 1 aromatic carbocycles. The lowest BCUT2D eigenvalue weighted by Crippen LogP contribution is -2.26. The maximum atomic E-state index is 5.60. The van der Waals surface area contributed by atoms with Crippen LogP contribution in [0.2, 0.25) is 0 Å². The van der Waals surface area contributed by atoms with E-state index in [0.29, 0.717) is 11.6 Å². The number of aromatic nitrogens is 2. The largest absolute Gasteiger partial charge is 0.370 e. The fourth-order valence-corrected chi connectivity index (χ4v) is 1.89. The number of guanidine groups is 2. The molecule has 1 heterocycles. The Kier molecular flexibility index (Phi) is 3.88. The van der Waals surface area contributed by atoms with Gasteiger partial charge in [0, 0.05) is 6.42 Å². The average Bonchev–Trinajstić information content (AvgIpc) is 2.67. The van der Waals surface area contributed by atoms with Gasteiger partial charge in [-0.3, -0.25) is 0 Å². The summed E-state index contributed by atoms with van der Waals surface area (Å²) in [7, 11) is 0. The third-order valence-electron chi connectivity index (χ3n) is 2.60. The normalized spacial score (nSPS) is 12.1. The quantitative estimate of drug-likeness (QED) is 0.490. The van der Waals surface area contributed by atoms with Crippen molar-refractivity contribution in [1.82, 2.24) is 9.97 Å². The molecular weight excluding hydrogens is 254 g/mol. The van der Waals surface area contributed by atoms with Crippen molar-refractivity contribution >= 4 is 28.6 Å². The molecule has 0 amide bonds. The molecule has 0 saturated heterocycles. The average molecular weight is 273 g/mol. The molecule has 2 rings (SSSR count). The van der Waals surface area contributed by atoms with Gasteiger partial charge >= 0.3 is 0 Å². The maximum absolute atomic E-state index is 5.60. The van der Waals surface area contributed by atoms with Gasteiger partial charge < -0.3 is 22.2 Å². The van der Waals surface area contributed by atoms with Gasteiger partial charge in [-0.1, -0.05) is 13.8 Å². The second kappa shape index (κ2) is 5.60. The lowest BCUT2D eigenvalue weighted by atomic mass is 10.1. The van der Waals surface area contributed by atoms with E-state index in [9.17, 15) is 0 Å². The van der Waals surface area contributed by atoms with E-state index >= 15 is 0 Å². The molecule has 7 N–H and O–H groups in total. The van der Waals surface area contributed by atoms with Crippen LogP contribution in [0.4, 0.5) is 5.69 Å². The topological polar surface area (TPSA) is 131 Å². The number of rotatable bonds is 3. The minimum atomic E-state index is -0.118. The summed E-state index contributed by atoms with van der Waals surface area (Å²) in [5.41, 5.74) is 18.6. The highest BCUT2D eigenvalue weighted by Gasteiger charge is 2.05. The van der Waals surface area contributed by atoms with Crippen LogP contribution < -0.4 is 17.2 Å². The summed E-state index contributed by atoms with van der Waals surface area (Å²) in [6.45, 7) is 4.30. The van der Waals surface area contributed by atoms with Crippen molar-refractivity contribution in [2.24, 2.45) is 33.1 Å². The predicted octanol–water partition coefficient (Wildman–Crippen LogP) is 0.981. The van der Waals surface area contributed by atoms with E-state index in [1.54, 1.807) is 0 Å². The molecule has 2 aromatic rings. The molecule has 0 aliphatic rings. The smallest absolute Gasteiger partial charge is 0.223 e. The molecule has 1 aromatic heterocycles. The number of imidazole rings is 1. The summed E-state index contributed by atoms with van der Waals surface area (Å²) in [5, 5.41) is 0. The Morgan fingerprint density at radius 2 is 2.05 bits per heavy atom. The van der Waals surface area contributed by atoms with Crippen molar-refractivity contribution in [3.05, 3.63) is 24.0 Å². The Balaban J connectivity index is 2.31. The first-order valence-corrected chi connectivity index (χ1v) is 6.36. The Morgan fingerprint density at radius 3 is 2.70 bits per heavy atom. The van der Waals surface area contributed by atoms with Gasteiger partial charge in [0.1, 0.15) is 5.82 Å². The number of nitrogens with two attached hydrogens (primary N) is 3. The standard InChI is InChI=1S/C13H19N7/c1-7(2)5-11-18-9-4-3-8(6-10(9)19-11)17-13(16)20-12(14)15/h3-4,6-7H,5H2,1-2H3,(H,18,19)(H6,14,15,16,17,20). The highest BCUT2D eigenvalue weighted by Crippen LogP contribution is 2.20. The number of nitrogens with zero attached hydrogens (tertiary/aromatic N) is 3. The zero-order valence-corrected chi connectivity index (χ0v) is 11.6. The van der Waals surface area contributed by atoms with E-state index in [0.717, 1.165) is 23.3 Å². The van der Waals surface area contributed by atoms with Crippen molar-refractivity contribution in [3.8, 4) is 0 Å². The number of hydrogen-bond acceptors (Lipinski definition) is 2. The number of H-pyrrole nitrogens is 1. The van der Waals surface area contributed by atoms with Gasteiger partial charge in [-0.15, -0.1) is 0 Å². The van der Waals surface area contributed by atoms with Crippen LogP contribution >= 0.6 is 0 Å². The lowest BCUT2D eigenvalue weighted by Gasteiger charge is -1.98. The van der Waals surface area contributed by atoms with E-state index in [1.165, 1.54) is 0 Å². The predicted molar refractivity (Wildman–Crippen MR) is 81.7 cm³/mol. The van der Waals surface area contributed by atoms with Crippen molar-refractivity contribution in [2.45, 2.75) is 20.3 Å². The first-order valence-electron chi connectivity index (χ1n) is 6.36. The molecule has 0 radical (unpaired) electrons. The summed E-state index contributed by atoms with van der Waals surface area (Å²) in [4.78, 5) is 15.6. The number of benzene rings is 1. The van der Waals surface area contributed by atoms with Crippen LogP contribution in [0, 0.1) is 5.92 Å². The van der Waals surface area contributed by atoms with Crippen LogP contribution in [0.5, 0.6) is 0 Å². The zero-order chi connectivity index (χ0) is 14.7. The number of aromatic amines is 1. The Morgan fingerprint density at radius 1 is 1.30 bits per heavy atom. The van der Waals surface area contributed by atoms with E-state index in [2.05, 4.69) is 33.8 Å². The third kappa shape index (κ3) is 3.47. The van der Waals surface area contributed by atoms with Crippen LogP contribution in [-0.2, 0) is 6.42 Å². The van der Waals surface area contributed by atoms with Gasteiger partial charge in [-0.2, -0.15) is 4.99 Å². The molecule has 0 aliphatic heterocycles. The maximum Gasteiger partial charge on any atom is 0.223 e. The van der Waals surface area contributed by atoms with Crippen molar-refractivity contribution in [3.63, 3.8) is 0 Å². The number of nitrogens with one attached hydrogen (secondary N) is 1. The van der Waals surface area contributed by atoms with Gasteiger partial charge in [0.25, 0.3) is 0 Å². The molecule has 106 valence electrons.